The predicted octanol–water partition coefficient (Wildman–Crippen LogP) is 4.90. The van der Waals surface area contributed by atoms with Crippen molar-refractivity contribution in [2.24, 2.45) is 0 Å². The summed E-state index contributed by atoms with van der Waals surface area (Å²) in [6.07, 6.45) is 1.66. The zero-order valence-electron chi connectivity index (χ0n) is 16.6. The van der Waals surface area contributed by atoms with Crippen LogP contribution in [0.3, 0.4) is 0 Å². The molecule has 0 fully saturated rings. The Balaban J connectivity index is 1.51. The van der Waals surface area contributed by atoms with Crippen molar-refractivity contribution in [2.45, 2.75) is 25.4 Å². The Morgan fingerprint density at radius 2 is 1.60 bits per heavy atom. The van der Waals surface area contributed by atoms with E-state index in [4.69, 9.17) is 0 Å². The highest BCUT2D eigenvalue weighted by Crippen LogP contribution is 2.36. The van der Waals surface area contributed by atoms with Gasteiger partial charge in [-0.05, 0) is 47.7 Å². The fourth-order valence-corrected chi connectivity index (χ4v) is 4.27. The average molecular weight is 463 g/mol. The second-order valence-corrected chi connectivity index (χ2v) is 8.34. The molecule has 5 heteroatoms. The molecule has 4 nitrogen and oxygen atoms in total. The van der Waals surface area contributed by atoms with Crippen molar-refractivity contribution < 1.29 is 9.59 Å². The summed E-state index contributed by atoms with van der Waals surface area (Å²) in [6.45, 7) is 0.967. The molecule has 4 rings (SSSR count). The SMILES string of the molecule is O=C(NCc1ccccc1)C1c2cc(Br)ccc2C(=O)N1CCCc1ccccc1. The number of nitrogens with one attached hydrogen (secondary N) is 1. The van der Waals surface area contributed by atoms with Crippen LogP contribution < -0.4 is 5.32 Å². The lowest BCUT2D eigenvalue weighted by atomic mass is 10.0. The van der Waals surface area contributed by atoms with Gasteiger partial charge in [0.2, 0.25) is 5.91 Å². The number of aryl methyl sites for hydroxylation is 1. The number of fused-ring (bicyclic) bond motifs is 1. The second-order valence-electron chi connectivity index (χ2n) is 7.43. The summed E-state index contributed by atoms with van der Waals surface area (Å²) in [6, 6.07) is 24.9. The van der Waals surface area contributed by atoms with Gasteiger partial charge in [0.15, 0.2) is 0 Å². The summed E-state index contributed by atoms with van der Waals surface area (Å²) in [5, 5.41) is 3.01. The molecule has 3 aromatic carbocycles. The molecule has 1 heterocycles. The molecule has 1 unspecified atom stereocenters. The van der Waals surface area contributed by atoms with Crippen LogP contribution in [0, 0.1) is 0 Å². The summed E-state index contributed by atoms with van der Waals surface area (Å²) < 4.78 is 0.862. The van der Waals surface area contributed by atoms with Crippen LogP contribution in [0.4, 0.5) is 0 Å². The van der Waals surface area contributed by atoms with Crippen LogP contribution in [-0.2, 0) is 17.8 Å². The van der Waals surface area contributed by atoms with Gasteiger partial charge in [0.25, 0.3) is 5.91 Å². The third-order valence-electron chi connectivity index (χ3n) is 5.38. The molecule has 30 heavy (non-hydrogen) atoms. The average Bonchev–Trinajstić information content (AvgIpc) is 3.04. The minimum absolute atomic E-state index is 0.0783. The van der Waals surface area contributed by atoms with Crippen molar-refractivity contribution in [1.82, 2.24) is 10.2 Å². The summed E-state index contributed by atoms with van der Waals surface area (Å²) in [4.78, 5) is 27.9. The second kappa shape index (κ2) is 9.26. The zero-order valence-corrected chi connectivity index (χ0v) is 18.1. The van der Waals surface area contributed by atoms with Gasteiger partial charge >= 0.3 is 0 Å². The summed E-state index contributed by atoms with van der Waals surface area (Å²) in [5.74, 6) is -0.228. The van der Waals surface area contributed by atoms with E-state index in [1.165, 1.54) is 5.56 Å². The molecule has 0 bridgehead atoms. The number of hydrogen-bond donors (Lipinski definition) is 1. The first-order valence-electron chi connectivity index (χ1n) is 10.1. The Morgan fingerprint density at radius 1 is 0.933 bits per heavy atom. The molecule has 0 spiro atoms. The van der Waals surface area contributed by atoms with Crippen LogP contribution in [-0.4, -0.2) is 23.3 Å². The Labute approximate surface area is 185 Å². The monoisotopic (exact) mass is 462 g/mol. The molecule has 1 atom stereocenters. The molecule has 0 aromatic heterocycles. The minimum Gasteiger partial charge on any atom is -0.350 e. The van der Waals surface area contributed by atoms with Crippen LogP contribution in [0.2, 0.25) is 0 Å². The van der Waals surface area contributed by atoms with Gasteiger partial charge in [-0.25, -0.2) is 0 Å². The Morgan fingerprint density at radius 3 is 2.30 bits per heavy atom. The van der Waals surface area contributed by atoms with Crippen molar-refractivity contribution >= 4 is 27.7 Å². The number of benzene rings is 3. The minimum atomic E-state index is -0.607. The van der Waals surface area contributed by atoms with Crippen molar-refractivity contribution in [1.29, 1.82) is 0 Å². The number of rotatable bonds is 7. The van der Waals surface area contributed by atoms with E-state index in [-0.39, 0.29) is 11.8 Å². The van der Waals surface area contributed by atoms with Crippen LogP contribution in [0.15, 0.2) is 83.3 Å². The van der Waals surface area contributed by atoms with Crippen LogP contribution in [0.1, 0.15) is 39.5 Å². The Hall–Kier alpha value is -2.92. The maximum absolute atomic E-state index is 13.2. The van der Waals surface area contributed by atoms with Gasteiger partial charge in [0.1, 0.15) is 6.04 Å². The predicted molar refractivity (Wildman–Crippen MR) is 121 cm³/mol. The van der Waals surface area contributed by atoms with E-state index in [1.54, 1.807) is 11.0 Å². The van der Waals surface area contributed by atoms with Gasteiger partial charge in [-0.15, -0.1) is 0 Å². The standard InChI is InChI=1S/C25H23BrN2O2/c26-20-13-14-21-22(16-20)23(24(29)27-17-19-10-5-2-6-11-19)28(25(21)30)15-7-12-18-8-3-1-4-9-18/h1-6,8-11,13-14,16,23H,7,12,15,17H2,(H,27,29). The fourth-order valence-electron chi connectivity index (χ4n) is 3.89. The van der Waals surface area contributed by atoms with Gasteiger partial charge in [-0.2, -0.15) is 0 Å². The Bertz CT molecular complexity index is 1040. The number of hydrogen-bond acceptors (Lipinski definition) is 2. The quantitative estimate of drug-likeness (QED) is 0.542. The molecule has 2 amide bonds. The summed E-state index contributed by atoms with van der Waals surface area (Å²) >= 11 is 3.48. The summed E-state index contributed by atoms with van der Waals surface area (Å²) in [5.41, 5.74) is 3.63. The van der Waals surface area contributed by atoms with E-state index in [0.717, 1.165) is 28.4 Å². The van der Waals surface area contributed by atoms with Crippen LogP contribution in [0.5, 0.6) is 0 Å². The molecule has 0 aliphatic carbocycles. The zero-order chi connectivity index (χ0) is 20.9. The first-order chi connectivity index (χ1) is 14.6. The lowest BCUT2D eigenvalue weighted by Crippen LogP contribution is -2.39. The largest absolute Gasteiger partial charge is 0.350 e. The third kappa shape index (κ3) is 4.46. The molecule has 152 valence electrons. The van der Waals surface area contributed by atoms with Crippen molar-refractivity contribution in [2.75, 3.05) is 6.54 Å². The third-order valence-corrected chi connectivity index (χ3v) is 5.87. The molecular formula is C25H23BrN2O2. The van der Waals surface area contributed by atoms with Gasteiger partial charge < -0.3 is 10.2 Å². The topological polar surface area (TPSA) is 49.4 Å². The normalized spacial score (nSPS) is 15.2. The molecular weight excluding hydrogens is 440 g/mol. The molecule has 1 aliphatic heterocycles. The van der Waals surface area contributed by atoms with E-state index < -0.39 is 6.04 Å². The number of carbonyl (C=O) groups is 2. The first kappa shape index (κ1) is 20.4. The lowest BCUT2D eigenvalue weighted by molar-refractivity contribution is -0.125. The fraction of sp³-hybridized carbons (Fsp3) is 0.200. The number of nitrogens with zero attached hydrogens (tertiary/aromatic N) is 1. The van der Waals surface area contributed by atoms with E-state index in [1.807, 2.05) is 60.7 Å². The number of amides is 2. The van der Waals surface area contributed by atoms with Crippen molar-refractivity contribution in [3.63, 3.8) is 0 Å². The van der Waals surface area contributed by atoms with Gasteiger partial charge in [-0.1, -0.05) is 76.6 Å². The smallest absolute Gasteiger partial charge is 0.255 e. The molecule has 1 N–H and O–H groups in total. The van der Waals surface area contributed by atoms with E-state index >= 15 is 0 Å². The maximum atomic E-state index is 13.2. The molecule has 1 aliphatic rings. The highest BCUT2D eigenvalue weighted by Gasteiger charge is 2.40. The van der Waals surface area contributed by atoms with Crippen LogP contribution >= 0.6 is 15.9 Å². The van der Waals surface area contributed by atoms with Crippen molar-refractivity contribution in [3.05, 3.63) is 106 Å². The highest BCUT2D eigenvalue weighted by molar-refractivity contribution is 9.10. The van der Waals surface area contributed by atoms with E-state index in [0.29, 0.717) is 18.7 Å². The summed E-state index contributed by atoms with van der Waals surface area (Å²) in [7, 11) is 0. The maximum Gasteiger partial charge on any atom is 0.255 e. The molecule has 0 saturated heterocycles. The highest BCUT2D eigenvalue weighted by atomic mass is 79.9. The van der Waals surface area contributed by atoms with Gasteiger partial charge in [0.05, 0.1) is 0 Å². The van der Waals surface area contributed by atoms with Gasteiger partial charge in [0, 0.05) is 23.1 Å². The van der Waals surface area contributed by atoms with E-state index in [2.05, 4.69) is 33.4 Å². The molecule has 3 aromatic rings. The molecule has 0 saturated carbocycles. The Kier molecular flexibility index (Phi) is 6.29. The molecule has 0 radical (unpaired) electrons. The number of halogens is 1. The van der Waals surface area contributed by atoms with E-state index in [9.17, 15) is 9.59 Å². The van der Waals surface area contributed by atoms with Crippen molar-refractivity contribution in [3.8, 4) is 0 Å². The first-order valence-corrected chi connectivity index (χ1v) is 10.9. The van der Waals surface area contributed by atoms with Gasteiger partial charge in [-0.3, -0.25) is 9.59 Å². The lowest BCUT2D eigenvalue weighted by Gasteiger charge is -2.25. The number of carbonyl (C=O) groups excluding carboxylic acids is 2. The van der Waals surface area contributed by atoms with Crippen LogP contribution in [0.25, 0.3) is 0 Å².